The van der Waals surface area contributed by atoms with E-state index in [9.17, 15) is 14.4 Å². The summed E-state index contributed by atoms with van der Waals surface area (Å²) in [5.74, 6) is -1.73. The smallest absolute Gasteiger partial charge is 0.330 e. The van der Waals surface area contributed by atoms with E-state index in [0.717, 1.165) is 12.7 Å². The molecule has 1 aromatic carbocycles. The van der Waals surface area contributed by atoms with Crippen LogP contribution in [0.15, 0.2) is 30.3 Å². The van der Waals surface area contributed by atoms with Crippen molar-refractivity contribution in [2.75, 3.05) is 13.7 Å². The Labute approximate surface area is 140 Å². The topological polar surface area (TPSA) is 132 Å². The van der Waals surface area contributed by atoms with Crippen LogP contribution in [-0.4, -0.2) is 54.7 Å². The van der Waals surface area contributed by atoms with Gasteiger partial charge in [-0.1, -0.05) is 30.3 Å². The largest absolute Gasteiger partial charge is 0.467 e. The summed E-state index contributed by atoms with van der Waals surface area (Å²) in [6, 6.07) is 6.81. The zero-order valence-electron chi connectivity index (χ0n) is 13.8. The highest BCUT2D eigenvalue weighted by atomic mass is 16.5. The summed E-state index contributed by atoms with van der Waals surface area (Å²) >= 11 is 0. The van der Waals surface area contributed by atoms with Crippen LogP contribution in [0.4, 0.5) is 0 Å². The number of benzene rings is 1. The standard InChI is InChI=1S/C16H23N3O5/c1-10(14(21)19-13(9-20)16(23)24-2)18-15(22)12(17)8-11-6-4-3-5-7-11/h3-7,10,12-13,20H,8-9,17H2,1-2H3,(H,18,22)(H,19,21)/p+1/t10-,12-,13+/m1/s1. The molecular formula is C16H24N3O5+. The summed E-state index contributed by atoms with van der Waals surface area (Å²) in [5.41, 5.74) is 4.77. The molecule has 24 heavy (non-hydrogen) atoms. The number of amides is 2. The lowest BCUT2D eigenvalue weighted by atomic mass is 10.1. The van der Waals surface area contributed by atoms with Crippen molar-refractivity contribution < 1.29 is 30.0 Å². The van der Waals surface area contributed by atoms with Gasteiger partial charge in [-0.25, -0.2) is 4.79 Å². The van der Waals surface area contributed by atoms with Crippen LogP contribution in [0, 0.1) is 0 Å². The van der Waals surface area contributed by atoms with Gasteiger partial charge < -0.3 is 26.2 Å². The maximum atomic E-state index is 12.1. The zero-order valence-corrected chi connectivity index (χ0v) is 13.8. The first-order valence-corrected chi connectivity index (χ1v) is 7.55. The molecule has 0 saturated carbocycles. The van der Waals surface area contributed by atoms with Crippen molar-refractivity contribution in [3.8, 4) is 0 Å². The zero-order chi connectivity index (χ0) is 18.1. The minimum atomic E-state index is -1.17. The number of hydrogen-bond acceptors (Lipinski definition) is 5. The Balaban J connectivity index is 2.53. The lowest BCUT2D eigenvalue weighted by Crippen LogP contribution is -2.69. The third-order valence-electron chi connectivity index (χ3n) is 3.43. The number of nitrogens with one attached hydrogen (secondary N) is 2. The lowest BCUT2D eigenvalue weighted by Gasteiger charge is -2.19. The molecule has 1 aromatic rings. The molecule has 0 bridgehead atoms. The Morgan fingerprint density at radius 2 is 1.79 bits per heavy atom. The van der Waals surface area contributed by atoms with Gasteiger partial charge in [0.25, 0.3) is 5.91 Å². The van der Waals surface area contributed by atoms with Crippen molar-refractivity contribution in [3.63, 3.8) is 0 Å². The summed E-state index contributed by atoms with van der Waals surface area (Å²) in [6.07, 6.45) is 0.447. The third-order valence-corrected chi connectivity index (χ3v) is 3.43. The number of carbonyl (C=O) groups is 3. The normalized spacial score (nSPS) is 14.2. The maximum Gasteiger partial charge on any atom is 0.330 e. The molecule has 6 N–H and O–H groups in total. The number of esters is 1. The second kappa shape index (κ2) is 9.64. The van der Waals surface area contributed by atoms with E-state index < -0.39 is 36.6 Å². The molecule has 0 spiro atoms. The Bertz CT molecular complexity index is 564. The average molecular weight is 338 g/mol. The third kappa shape index (κ3) is 5.98. The summed E-state index contributed by atoms with van der Waals surface area (Å²) in [5, 5.41) is 13.9. The van der Waals surface area contributed by atoms with Crippen LogP contribution in [0.25, 0.3) is 0 Å². The molecular weight excluding hydrogens is 314 g/mol. The number of ether oxygens (including phenoxy) is 1. The Kier molecular flexibility index (Phi) is 7.87. The highest BCUT2D eigenvalue weighted by Gasteiger charge is 2.26. The second-order valence-electron chi connectivity index (χ2n) is 5.38. The van der Waals surface area contributed by atoms with Crippen LogP contribution in [0.3, 0.4) is 0 Å². The summed E-state index contributed by atoms with van der Waals surface area (Å²) < 4.78 is 4.46. The van der Waals surface area contributed by atoms with E-state index >= 15 is 0 Å². The van der Waals surface area contributed by atoms with E-state index in [1.165, 1.54) is 6.92 Å². The highest BCUT2D eigenvalue weighted by Crippen LogP contribution is 2.01. The number of methoxy groups -OCH3 is 1. The van der Waals surface area contributed by atoms with Gasteiger partial charge in [0.2, 0.25) is 5.91 Å². The van der Waals surface area contributed by atoms with E-state index in [0.29, 0.717) is 6.42 Å². The minimum Gasteiger partial charge on any atom is -0.467 e. The van der Waals surface area contributed by atoms with Gasteiger partial charge in [0.1, 0.15) is 6.04 Å². The van der Waals surface area contributed by atoms with Gasteiger partial charge in [-0.05, 0) is 12.5 Å². The van der Waals surface area contributed by atoms with Crippen molar-refractivity contribution in [2.45, 2.75) is 31.5 Å². The molecule has 0 radical (unpaired) electrons. The van der Waals surface area contributed by atoms with Gasteiger partial charge in [0.05, 0.1) is 13.7 Å². The molecule has 0 heterocycles. The molecule has 0 aliphatic rings. The molecule has 2 amide bonds. The van der Waals surface area contributed by atoms with E-state index in [4.69, 9.17) is 5.11 Å². The molecule has 0 aliphatic carbocycles. The number of carbonyl (C=O) groups excluding carboxylic acids is 3. The molecule has 0 fully saturated rings. The van der Waals surface area contributed by atoms with Crippen molar-refractivity contribution in [3.05, 3.63) is 35.9 Å². The van der Waals surface area contributed by atoms with Gasteiger partial charge in [-0.15, -0.1) is 0 Å². The minimum absolute atomic E-state index is 0.375. The van der Waals surface area contributed by atoms with Gasteiger partial charge in [0.15, 0.2) is 12.1 Å². The maximum absolute atomic E-state index is 12.1. The molecule has 0 aromatic heterocycles. The first-order valence-electron chi connectivity index (χ1n) is 7.55. The van der Waals surface area contributed by atoms with Crippen LogP contribution in [0.5, 0.6) is 0 Å². The fourth-order valence-corrected chi connectivity index (χ4v) is 2.01. The average Bonchev–Trinajstić information content (AvgIpc) is 2.59. The fraction of sp³-hybridized carbons (Fsp3) is 0.438. The first kappa shape index (κ1) is 19.6. The number of rotatable bonds is 8. The quantitative estimate of drug-likeness (QED) is 0.407. The Morgan fingerprint density at radius 1 is 1.17 bits per heavy atom. The molecule has 8 heteroatoms. The number of aliphatic hydroxyl groups excluding tert-OH is 1. The predicted molar refractivity (Wildman–Crippen MR) is 85.5 cm³/mol. The van der Waals surface area contributed by atoms with E-state index in [1.807, 2.05) is 30.3 Å². The van der Waals surface area contributed by atoms with Crippen molar-refractivity contribution in [2.24, 2.45) is 0 Å². The van der Waals surface area contributed by atoms with E-state index in [2.05, 4.69) is 21.1 Å². The van der Waals surface area contributed by atoms with E-state index in [1.54, 1.807) is 0 Å². The Hall–Kier alpha value is -2.45. The fourth-order valence-electron chi connectivity index (χ4n) is 2.01. The molecule has 3 atom stereocenters. The number of hydrogen-bond donors (Lipinski definition) is 4. The molecule has 0 aliphatic heterocycles. The monoisotopic (exact) mass is 338 g/mol. The molecule has 132 valence electrons. The van der Waals surface area contributed by atoms with Crippen molar-refractivity contribution in [1.29, 1.82) is 0 Å². The van der Waals surface area contributed by atoms with Gasteiger partial charge in [-0.2, -0.15) is 0 Å². The molecule has 8 nitrogen and oxygen atoms in total. The van der Waals surface area contributed by atoms with Crippen LogP contribution >= 0.6 is 0 Å². The van der Waals surface area contributed by atoms with Gasteiger partial charge >= 0.3 is 5.97 Å². The molecule has 0 saturated heterocycles. The van der Waals surface area contributed by atoms with Crippen molar-refractivity contribution in [1.82, 2.24) is 10.6 Å². The number of quaternary nitrogens is 1. The first-order chi connectivity index (χ1) is 11.4. The van der Waals surface area contributed by atoms with Gasteiger partial charge in [0, 0.05) is 6.42 Å². The van der Waals surface area contributed by atoms with Crippen LogP contribution in [0.2, 0.25) is 0 Å². The summed E-state index contributed by atoms with van der Waals surface area (Å²) in [4.78, 5) is 35.4. The second-order valence-corrected chi connectivity index (χ2v) is 5.38. The highest BCUT2D eigenvalue weighted by molar-refractivity contribution is 5.91. The molecule has 1 rings (SSSR count). The van der Waals surface area contributed by atoms with Gasteiger partial charge in [-0.3, -0.25) is 9.59 Å². The van der Waals surface area contributed by atoms with Crippen molar-refractivity contribution >= 4 is 17.8 Å². The van der Waals surface area contributed by atoms with Crippen LogP contribution in [-0.2, 0) is 25.5 Å². The predicted octanol–water partition coefficient (Wildman–Crippen LogP) is -2.01. The SMILES string of the molecule is COC(=O)[C@H](CO)NC(=O)[C@@H](C)NC(=O)[C@H]([NH3+])Cc1ccccc1. The van der Waals surface area contributed by atoms with E-state index in [-0.39, 0.29) is 5.91 Å². The molecule has 0 unspecified atom stereocenters. The summed E-state index contributed by atoms with van der Waals surface area (Å²) in [7, 11) is 1.15. The summed E-state index contributed by atoms with van der Waals surface area (Å²) in [6.45, 7) is 0.888. The Morgan fingerprint density at radius 3 is 2.33 bits per heavy atom. The van der Waals surface area contributed by atoms with Crippen LogP contribution in [0.1, 0.15) is 12.5 Å². The van der Waals surface area contributed by atoms with Crippen LogP contribution < -0.4 is 16.4 Å². The number of aliphatic hydroxyl groups is 1. The lowest BCUT2D eigenvalue weighted by molar-refractivity contribution is -0.403.